The van der Waals surface area contributed by atoms with E-state index in [2.05, 4.69) is 9.62 Å². The molecule has 0 aromatic heterocycles. The quantitative estimate of drug-likeness (QED) is 0.206. The fourth-order valence-electron chi connectivity index (χ4n) is 5.25. The fraction of sp³-hybridized carbons (Fsp3) is 0.294. The van der Waals surface area contributed by atoms with Gasteiger partial charge in [0.15, 0.2) is 6.29 Å². The number of aliphatic hydroxyl groups is 2. The smallest absolute Gasteiger partial charge is 0.261 e. The molecular weight excluding hydrogens is 564 g/mol. The van der Waals surface area contributed by atoms with Crippen LogP contribution in [0, 0.1) is 0 Å². The number of benzene rings is 4. The van der Waals surface area contributed by atoms with Crippen molar-refractivity contribution in [3.8, 4) is 0 Å². The van der Waals surface area contributed by atoms with Crippen LogP contribution < -0.4 is 4.72 Å². The molecule has 4 aromatic rings. The van der Waals surface area contributed by atoms with E-state index < -0.39 is 22.4 Å². The molecule has 8 nitrogen and oxygen atoms in total. The summed E-state index contributed by atoms with van der Waals surface area (Å²) in [6.07, 6.45) is -1.40. The molecule has 3 N–H and O–H groups in total. The Morgan fingerprint density at radius 1 is 0.884 bits per heavy atom. The van der Waals surface area contributed by atoms with Crippen molar-refractivity contribution in [2.45, 2.75) is 55.5 Å². The van der Waals surface area contributed by atoms with Crippen LogP contribution in [0.2, 0.25) is 0 Å². The second kappa shape index (κ2) is 13.8. The van der Waals surface area contributed by atoms with Crippen LogP contribution in [0.4, 0.5) is 5.69 Å². The Bertz CT molecular complexity index is 1570. The van der Waals surface area contributed by atoms with E-state index in [0.717, 1.165) is 16.7 Å². The van der Waals surface area contributed by atoms with E-state index in [0.29, 0.717) is 24.2 Å². The van der Waals surface area contributed by atoms with E-state index in [-0.39, 0.29) is 29.8 Å². The Morgan fingerprint density at radius 3 is 2.23 bits per heavy atom. The van der Waals surface area contributed by atoms with E-state index in [9.17, 15) is 18.6 Å². The zero-order chi connectivity index (χ0) is 30.4. The summed E-state index contributed by atoms with van der Waals surface area (Å²) in [7, 11) is -1.80. The van der Waals surface area contributed by atoms with E-state index >= 15 is 0 Å². The summed E-state index contributed by atoms with van der Waals surface area (Å²) in [6, 6.07) is 32.3. The molecule has 0 amide bonds. The fourth-order valence-corrected chi connectivity index (χ4v) is 6.32. The molecule has 1 heterocycles. The summed E-state index contributed by atoms with van der Waals surface area (Å²) >= 11 is 0. The highest BCUT2D eigenvalue weighted by atomic mass is 32.2. The number of rotatable bonds is 11. The molecule has 0 saturated carbocycles. The van der Waals surface area contributed by atoms with Crippen molar-refractivity contribution in [2.24, 2.45) is 0 Å². The minimum Gasteiger partial charge on any atom is -0.392 e. The molecule has 1 aliphatic rings. The number of nitrogens with one attached hydrogen (secondary N) is 1. The van der Waals surface area contributed by atoms with Gasteiger partial charge in [-0.2, -0.15) is 0 Å². The lowest BCUT2D eigenvalue weighted by Crippen LogP contribution is -2.43. The third kappa shape index (κ3) is 7.69. The predicted molar refractivity (Wildman–Crippen MR) is 166 cm³/mol. The van der Waals surface area contributed by atoms with E-state index in [4.69, 9.17) is 9.47 Å². The molecule has 4 aromatic carbocycles. The van der Waals surface area contributed by atoms with Gasteiger partial charge >= 0.3 is 0 Å². The number of ether oxygens (including phenoxy) is 2. The number of hydrogen-bond donors (Lipinski definition) is 3. The lowest BCUT2D eigenvalue weighted by atomic mass is 9.98. The molecule has 226 valence electrons. The largest absolute Gasteiger partial charge is 0.392 e. The van der Waals surface area contributed by atoms with Crippen molar-refractivity contribution in [3.63, 3.8) is 0 Å². The van der Waals surface area contributed by atoms with Gasteiger partial charge in [-0.15, -0.1) is 0 Å². The van der Waals surface area contributed by atoms with Crippen LogP contribution in [0.3, 0.4) is 0 Å². The summed E-state index contributed by atoms with van der Waals surface area (Å²) in [5, 5.41) is 20.5. The van der Waals surface area contributed by atoms with Crippen LogP contribution in [0.1, 0.15) is 54.1 Å². The first kappa shape index (κ1) is 30.9. The highest BCUT2D eigenvalue weighted by molar-refractivity contribution is 7.92. The highest BCUT2D eigenvalue weighted by Crippen LogP contribution is 2.39. The summed E-state index contributed by atoms with van der Waals surface area (Å²) < 4.78 is 41.5. The van der Waals surface area contributed by atoms with Crippen molar-refractivity contribution in [1.82, 2.24) is 4.90 Å². The monoisotopic (exact) mass is 602 g/mol. The van der Waals surface area contributed by atoms with Gasteiger partial charge < -0.3 is 19.7 Å². The molecule has 0 radical (unpaired) electrons. The zero-order valence-corrected chi connectivity index (χ0v) is 25.1. The predicted octanol–water partition coefficient (Wildman–Crippen LogP) is 5.58. The Kier molecular flexibility index (Phi) is 9.92. The average molecular weight is 603 g/mol. The number of nitrogens with zero attached hydrogens (tertiary/aromatic N) is 1. The van der Waals surface area contributed by atoms with Crippen LogP contribution in [-0.2, 0) is 26.1 Å². The second-order valence-electron chi connectivity index (χ2n) is 10.9. The van der Waals surface area contributed by atoms with Crippen LogP contribution in [0.25, 0.3) is 0 Å². The van der Waals surface area contributed by atoms with Crippen molar-refractivity contribution in [2.75, 3.05) is 18.3 Å². The second-order valence-corrected chi connectivity index (χ2v) is 12.6. The van der Waals surface area contributed by atoms with Crippen molar-refractivity contribution in [3.05, 3.63) is 131 Å². The number of hydrogen-bond acceptors (Lipinski definition) is 7. The van der Waals surface area contributed by atoms with Gasteiger partial charge in [-0.3, -0.25) is 9.62 Å². The first-order valence-corrected chi connectivity index (χ1v) is 15.8. The van der Waals surface area contributed by atoms with Crippen molar-refractivity contribution in [1.29, 1.82) is 0 Å². The number of likely N-dealkylation sites (N-methyl/N-ethyl adjacent to an activating group) is 1. The zero-order valence-electron chi connectivity index (χ0n) is 24.3. The maximum Gasteiger partial charge on any atom is 0.261 e. The summed E-state index contributed by atoms with van der Waals surface area (Å²) in [5.41, 5.74) is 3.69. The topological polar surface area (TPSA) is 108 Å². The standard InChI is InChI=1S/C34H38N2O6S/c1-24(33(38)27-10-5-3-6-11-27)36(2)22-30-21-32(26-18-16-25(23-37)17-19-26)42-34(41-30)28-12-9-13-29(20-28)35-43(39,40)31-14-7-4-8-15-31/h3-20,24,30,32-35,37-38H,21-23H2,1-2H3/t24-,30+,32-,33-,34-/m1/s1. The summed E-state index contributed by atoms with van der Waals surface area (Å²) in [5.74, 6) is 0. The third-order valence-corrected chi connectivity index (χ3v) is 9.26. The van der Waals surface area contributed by atoms with E-state index in [1.165, 1.54) is 0 Å². The van der Waals surface area contributed by atoms with Crippen LogP contribution in [0.5, 0.6) is 0 Å². The van der Waals surface area contributed by atoms with Gasteiger partial charge in [-0.05, 0) is 54.9 Å². The molecule has 0 bridgehead atoms. The van der Waals surface area contributed by atoms with Gasteiger partial charge in [-0.1, -0.05) is 84.9 Å². The van der Waals surface area contributed by atoms with Crippen molar-refractivity contribution >= 4 is 15.7 Å². The molecule has 0 spiro atoms. The first-order chi connectivity index (χ1) is 20.7. The molecule has 5 rings (SSSR count). The summed E-state index contributed by atoms with van der Waals surface area (Å²) in [6.45, 7) is 2.48. The molecule has 1 saturated heterocycles. The average Bonchev–Trinajstić information content (AvgIpc) is 3.04. The normalized spacial score (nSPS) is 20.4. The van der Waals surface area contributed by atoms with E-state index in [1.54, 1.807) is 48.5 Å². The van der Waals surface area contributed by atoms with Crippen LogP contribution >= 0.6 is 0 Å². The van der Waals surface area contributed by atoms with Gasteiger partial charge in [0.2, 0.25) is 0 Å². The lowest BCUT2D eigenvalue weighted by molar-refractivity contribution is -0.253. The molecule has 9 heteroatoms. The minimum absolute atomic E-state index is 0.0434. The van der Waals surface area contributed by atoms with Crippen LogP contribution in [0.15, 0.2) is 114 Å². The molecule has 5 atom stereocenters. The van der Waals surface area contributed by atoms with Gasteiger partial charge in [0.05, 0.1) is 29.8 Å². The number of aliphatic hydroxyl groups excluding tert-OH is 2. The third-order valence-electron chi connectivity index (χ3n) is 7.86. The lowest BCUT2D eigenvalue weighted by Gasteiger charge is -2.39. The number of sulfonamides is 1. The molecule has 1 fully saturated rings. The Balaban J connectivity index is 1.37. The van der Waals surface area contributed by atoms with Crippen molar-refractivity contribution < 1.29 is 28.1 Å². The Labute approximate surface area is 253 Å². The van der Waals surface area contributed by atoms with Gasteiger partial charge in [0.1, 0.15) is 0 Å². The van der Waals surface area contributed by atoms with E-state index in [1.807, 2.05) is 74.6 Å². The van der Waals surface area contributed by atoms with Gasteiger partial charge in [-0.25, -0.2) is 8.42 Å². The summed E-state index contributed by atoms with van der Waals surface area (Å²) in [4.78, 5) is 2.26. The molecule has 1 aliphatic heterocycles. The molecule has 0 aliphatic carbocycles. The maximum absolute atomic E-state index is 13.0. The molecular formula is C34H38N2O6S. The van der Waals surface area contributed by atoms with Crippen LogP contribution in [-0.4, -0.2) is 49.3 Å². The molecule has 43 heavy (non-hydrogen) atoms. The highest BCUT2D eigenvalue weighted by Gasteiger charge is 2.34. The first-order valence-electron chi connectivity index (χ1n) is 14.3. The Hall–Kier alpha value is -3.57. The Morgan fingerprint density at radius 2 is 1.56 bits per heavy atom. The SMILES string of the molecule is C[C@H]([C@@H](O)c1ccccc1)N(C)C[C@@H]1C[C@H](c2ccc(CO)cc2)O[C@H](c2cccc(NS(=O)(=O)c3ccccc3)c2)O1. The molecule has 0 unspecified atom stereocenters. The maximum atomic E-state index is 13.0. The van der Waals surface area contributed by atoms with Gasteiger partial charge in [0, 0.05) is 30.3 Å². The number of anilines is 1. The van der Waals surface area contributed by atoms with Gasteiger partial charge in [0.25, 0.3) is 10.0 Å². The minimum atomic E-state index is -3.77.